The Kier molecular flexibility index (Phi) is 4.21. The van der Waals surface area contributed by atoms with E-state index in [1.165, 1.54) is 0 Å². The number of para-hydroxylation sites is 2. The van der Waals surface area contributed by atoms with Crippen molar-refractivity contribution in [3.05, 3.63) is 24.3 Å². The summed E-state index contributed by atoms with van der Waals surface area (Å²) in [5.41, 5.74) is 0. The van der Waals surface area contributed by atoms with Gasteiger partial charge in [0.25, 0.3) is 0 Å². The van der Waals surface area contributed by atoms with Crippen LogP contribution in [0, 0.1) is 0 Å². The van der Waals surface area contributed by atoms with Crippen molar-refractivity contribution in [2.75, 3.05) is 6.61 Å². The molecule has 1 rings (SSSR count). The van der Waals surface area contributed by atoms with E-state index < -0.39 is 8.32 Å². The minimum atomic E-state index is -1.55. The molecular weight excluding hydrogens is 204 g/mol. The molecule has 3 heteroatoms. The summed E-state index contributed by atoms with van der Waals surface area (Å²) >= 11 is 0. The highest BCUT2D eigenvalue weighted by molar-refractivity contribution is 6.70. The minimum Gasteiger partial charge on any atom is -0.542 e. The monoisotopic (exact) mass is 224 g/mol. The standard InChI is InChI=1S/C12H20O2Si/c1-5-10-13-11-8-6-7-9-12(11)14-15(2,3)4/h6-9H,5,10H2,1-4H3. The quantitative estimate of drug-likeness (QED) is 0.710. The van der Waals surface area contributed by atoms with E-state index in [4.69, 9.17) is 9.16 Å². The molecule has 0 aromatic heterocycles. The zero-order valence-electron chi connectivity index (χ0n) is 10.0. The minimum absolute atomic E-state index is 0.742. The van der Waals surface area contributed by atoms with E-state index in [9.17, 15) is 0 Å². The third-order valence-electron chi connectivity index (χ3n) is 1.73. The number of hydrogen-bond acceptors (Lipinski definition) is 2. The Hall–Kier alpha value is -0.963. The molecule has 0 N–H and O–H groups in total. The zero-order valence-corrected chi connectivity index (χ0v) is 11.0. The van der Waals surface area contributed by atoms with Gasteiger partial charge in [-0.2, -0.15) is 0 Å². The molecular formula is C12H20O2Si. The van der Waals surface area contributed by atoms with Crippen LogP contribution in [0.5, 0.6) is 11.5 Å². The lowest BCUT2D eigenvalue weighted by Gasteiger charge is -2.21. The average molecular weight is 224 g/mol. The predicted molar refractivity (Wildman–Crippen MR) is 66.2 cm³/mol. The second-order valence-electron chi connectivity index (χ2n) is 4.51. The topological polar surface area (TPSA) is 18.5 Å². The van der Waals surface area contributed by atoms with Gasteiger partial charge in [0.05, 0.1) is 6.61 Å². The largest absolute Gasteiger partial charge is 0.542 e. The summed E-state index contributed by atoms with van der Waals surface area (Å²) in [6, 6.07) is 7.89. The van der Waals surface area contributed by atoms with Crippen LogP contribution in [-0.2, 0) is 0 Å². The molecule has 0 saturated heterocycles. The van der Waals surface area contributed by atoms with Crippen molar-refractivity contribution < 1.29 is 9.16 Å². The summed E-state index contributed by atoms with van der Waals surface area (Å²) in [7, 11) is -1.55. The van der Waals surface area contributed by atoms with E-state index in [2.05, 4.69) is 26.6 Å². The van der Waals surface area contributed by atoms with Crippen LogP contribution in [0.1, 0.15) is 13.3 Å². The van der Waals surface area contributed by atoms with Gasteiger partial charge in [-0.1, -0.05) is 19.1 Å². The highest BCUT2D eigenvalue weighted by Crippen LogP contribution is 2.28. The van der Waals surface area contributed by atoms with Crippen LogP contribution in [0.15, 0.2) is 24.3 Å². The first-order valence-corrected chi connectivity index (χ1v) is 8.84. The fourth-order valence-corrected chi connectivity index (χ4v) is 2.02. The third kappa shape index (κ3) is 4.38. The van der Waals surface area contributed by atoms with E-state index in [1.807, 2.05) is 24.3 Å². The van der Waals surface area contributed by atoms with Gasteiger partial charge in [0, 0.05) is 0 Å². The Morgan fingerprint density at radius 3 is 2.20 bits per heavy atom. The van der Waals surface area contributed by atoms with Crippen molar-refractivity contribution in [1.82, 2.24) is 0 Å². The molecule has 1 aromatic rings. The van der Waals surface area contributed by atoms with Crippen molar-refractivity contribution in [1.29, 1.82) is 0 Å². The predicted octanol–water partition coefficient (Wildman–Crippen LogP) is 3.69. The Morgan fingerprint density at radius 2 is 1.67 bits per heavy atom. The van der Waals surface area contributed by atoms with Gasteiger partial charge in [0.15, 0.2) is 5.75 Å². The van der Waals surface area contributed by atoms with Crippen molar-refractivity contribution in [2.24, 2.45) is 0 Å². The van der Waals surface area contributed by atoms with E-state index in [0.29, 0.717) is 0 Å². The molecule has 2 nitrogen and oxygen atoms in total. The molecule has 0 aliphatic rings. The first-order valence-electron chi connectivity index (χ1n) is 5.44. The normalized spacial score (nSPS) is 11.2. The van der Waals surface area contributed by atoms with E-state index >= 15 is 0 Å². The molecule has 0 heterocycles. The van der Waals surface area contributed by atoms with Gasteiger partial charge in [-0.3, -0.25) is 0 Å². The Balaban J connectivity index is 2.77. The smallest absolute Gasteiger partial charge is 0.242 e. The first-order chi connectivity index (χ1) is 7.03. The SMILES string of the molecule is CCCOc1ccccc1O[Si](C)(C)C. The highest BCUT2D eigenvalue weighted by atomic mass is 28.4. The second-order valence-corrected chi connectivity index (χ2v) is 8.94. The number of rotatable bonds is 5. The molecule has 0 radical (unpaired) electrons. The second kappa shape index (κ2) is 5.21. The van der Waals surface area contributed by atoms with Crippen molar-refractivity contribution in [2.45, 2.75) is 33.0 Å². The van der Waals surface area contributed by atoms with Crippen LogP contribution in [0.3, 0.4) is 0 Å². The lowest BCUT2D eigenvalue weighted by Crippen LogP contribution is -2.29. The maximum atomic E-state index is 5.94. The fourth-order valence-electron chi connectivity index (χ4n) is 1.20. The molecule has 15 heavy (non-hydrogen) atoms. The lowest BCUT2D eigenvalue weighted by molar-refractivity contribution is 0.306. The Labute approximate surface area is 93.4 Å². The van der Waals surface area contributed by atoms with Crippen molar-refractivity contribution >= 4 is 8.32 Å². The van der Waals surface area contributed by atoms with E-state index in [1.54, 1.807) is 0 Å². The lowest BCUT2D eigenvalue weighted by atomic mass is 10.3. The van der Waals surface area contributed by atoms with Gasteiger partial charge < -0.3 is 9.16 Å². The van der Waals surface area contributed by atoms with E-state index in [-0.39, 0.29) is 0 Å². The maximum Gasteiger partial charge on any atom is 0.242 e. The number of ether oxygens (including phenoxy) is 1. The summed E-state index contributed by atoms with van der Waals surface area (Å²) in [5.74, 6) is 1.74. The molecule has 0 amide bonds. The summed E-state index contributed by atoms with van der Waals surface area (Å²) in [6.45, 7) is 9.35. The number of benzene rings is 1. The van der Waals surface area contributed by atoms with Crippen LogP contribution >= 0.6 is 0 Å². The summed E-state index contributed by atoms with van der Waals surface area (Å²) in [6.07, 6.45) is 1.02. The van der Waals surface area contributed by atoms with Crippen LogP contribution in [-0.4, -0.2) is 14.9 Å². The molecule has 0 saturated carbocycles. The first kappa shape index (κ1) is 12.1. The molecule has 0 spiro atoms. The van der Waals surface area contributed by atoms with Gasteiger partial charge >= 0.3 is 0 Å². The summed E-state index contributed by atoms with van der Waals surface area (Å²) < 4.78 is 11.6. The van der Waals surface area contributed by atoms with Crippen LogP contribution in [0.2, 0.25) is 19.6 Å². The molecule has 0 fully saturated rings. The van der Waals surface area contributed by atoms with Gasteiger partial charge in [-0.25, -0.2) is 0 Å². The van der Waals surface area contributed by atoms with Crippen molar-refractivity contribution in [3.8, 4) is 11.5 Å². The van der Waals surface area contributed by atoms with Gasteiger partial charge in [-0.05, 0) is 38.2 Å². The maximum absolute atomic E-state index is 5.94. The van der Waals surface area contributed by atoms with E-state index in [0.717, 1.165) is 24.5 Å². The Morgan fingerprint density at radius 1 is 1.07 bits per heavy atom. The van der Waals surface area contributed by atoms with Crippen LogP contribution in [0.4, 0.5) is 0 Å². The molecule has 0 unspecified atom stereocenters. The molecule has 0 atom stereocenters. The molecule has 1 aromatic carbocycles. The molecule has 0 bridgehead atoms. The molecule has 0 aliphatic heterocycles. The van der Waals surface area contributed by atoms with Gasteiger partial charge in [0.2, 0.25) is 8.32 Å². The number of hydrogen-bond donors (Lipinski definition) is 0. The third-order valence-corrected chi connectivity index (χ3v) is 2.56. The van der Waals surface area contributed by atoms with Crippen molar-refractivity contribution in [3.63, 3.8) is 0 Å². The van der Waals surface area contributed by atoms with Gasteiger partial charge in [0.1, 0.15) is 5.75 Å². The average Bonchev–Trinajstić information content (AvgIpc) is 2.14. The van der Waals surface area contributed by atoms with Crippen LogP contribution in [0.25, 0.3) is 0 Å². The summed E-state index contributed by atoms with van der Waals surface area (Å²) in [4.78, 5) is 0. The highest BCUT2D eigenvalue weighted by Gasteiger charge is 2.18. The Bertz CT molecular complexity index is 305. The molecule has 84 valence electrons. The van der Waals surface area contributed by atoms with Gasteiger partial charge in [-0.15, -0.1) is 0 Å². The zero-order chi connectivity index (χ0) is 11.3. The van der Waals surface area contributed by atoms with Crippen LogP contribution < -0.4 is 9.16 Å². The summed E-state index contributed by atoms with van der Waals surface area (Å²) in [5, 5.41) is 0. The molecule has 0 aliphatic carbocycles. The fraction of sp³-hybridized carbons (Fsp3) is 0.500.